The molecular weight excluding hydrogens is 369 g/mol. The Kier molecular flexibility index (Phi) is 6.78. The molecule has 1 aliphatic heterocycles. The quantitative estimate of drug-likeness (QED) is 0.549. The highest BCUT2D eigenvalue weighted by atomic mass is 32.2. The summed E-state index contributed by atoms with van der Waals surface area (Å²) in [5, 5.41) is 0. The summed E-state index contributed by atoms with van der Waals surface area (Å²) in [5.74, 6) is -2.09. The highest BCUT2D eigenvalue weighted by Gasteiger charge is 2.47. The number of nitrogens with zero attached hydrogens (tertiary/aromatic N) is 1. The number of hydrogen-bond donors (Lipinski definition) is 0. The maximum Gasteiger partial charge on any atom is 0.303 e. The summed E-state index contributed by atoms with van der Waals surface area (Å²) in [7, 11) is 0. The molecule has 0 N–H and O–H groups in total. The van der Waals surface area contributed by atoms with Crippen LogP contribution in [0.1, 0.15) is 20.8 Å². The van der Waals surface area contributed by atoms with Gasteiger partial charge >= 0.3 is 17.9 Å². The van der Waals surface area contributed by atoms with E-state index in [4.69, 9.17) is 18.9 Å². The van der Waals surface area contributed by atoms with Gasteiger partial charge in [0, 0.05) is 32.6 Å². The van der Waals surface area contributed by atoms with Gasteiger partial charge in [-0.1, -0.05) is 0 Å². The van der Waals surface area contributed by atoms with E-state index in [9.17, 15) is 18.8 Å². The first-order chi connectivity index (χ1) is 12.3. The lowest BCUT2D eigenvalue weighted by Crippen LogP contribution is -2.55. The molecule has 1 aliphatic rings. The standard InChI is InChI=1S/C16H18FNO7S/c1-8(19)22-13-7-26-16(25-12-4-11(17)5-18-6-12)15(24-10(3)21)14(13)23-9(2)20/h4-6,13-16H,7H2,1-3H3/t13-,14+,15-,16-/m1/s1. The summed E-state index contributed by atoms with van der Waals surface area (Å²) in [4.78, 5) is 38.0. The Bertz CT molecular complexity index is 686. The summed E-state index contributed by atoms with van der Waals surface area (Å²) in [6, 6.07) is 1.12. The van der Waals surface area contributed by atoms with E-state index in [1.165, 1.54) is 38.7 Å². The smallest absolute Gasteiger partial charge is 0.303 e. The van der Waals surface area contributed by atoms with Gasteiger partial charge in [-0.3, -0.25) is 19.4 Å². The molecular formula is C16H18FNO7S. The fourth-order valence-electron chi connectivity index (χ4n) is 2.40. The van der Waals surface area contributed by atoms with Gasteiger partial charge in [0.05, 0.1) is 12.4 Å². The first-order valence-electron chi connectivity index (χ1n) is 7.66. The second-order valence-corrected chi connectivity index (χ2v) is 6.59. The van der Waals surface area contributed by atoms with Gasteiger partial charge in [0.25, 0.3) is 0 Å². The second kappa shape index (κ2) is 8.84. The second-order valence-electron chi connectivity index (χ2n) is 5.45. The van der Waals surface area contributed by atoms with E-state index in [0.29, 0.717) is 0 Å². The van der Waals surface area contributed by atoms with Gasteiger partial charge < -0.3 is 18.9 Å². The monoisotopic (exact) mass is 387 g/mol. The van der Waals surface area contributed by atoms with E-state index in [2.05, 4.69) is 4.98 Å². The zero-order valence-corrected chi connectivity index (χ0v) is 15.2. The number of carbonyl (C=O) groups is 3. The zero-order valence-electron chi connectivity index (χ0n) is 14.3. The Morgan fingerprint density at radius 2 is 1.65 bits per heavy atom. The van der Waals surface area contributed by atoms with Crippen LogP contribution in [0.4, 0.5) is 4.39 Å². The highest BCUT2D eigenvalue weighted by Crippen LogP contribution is 2.34. The Labute approximate surface area is 153 Å². The minimum absolute atomic E-state index is 0.118. The maximum absolute atomic E-state index is 13.3. The summed E-state index contributed by atoms with van der Waals surface area (Å²) in [5.41, 5.74) is -0.821. The Morgan fingerprint density at radius 3 is 2.23 bits per heavy atom. The van der Waals surface area contributed by atoms with E-state index in [-0.39, 0.29) is 11.5 Å². The van der Waals surface area contributed by atoms with Crippen LogP contribution < -0.4 is 4.74 Å². The van der Waals surface area contributed by atoms with Crippen LogP contribution in [0.25, 0.3) is 0 Å². The van der Waals surface area contributed by atoms with Crippen molar-refractivity contribution in [1.29, 1.82) is 0 Å². The number of esters is 3. The SMILES string of the molecule is CC(=O)O[C@@H]1[C@@H](OC(C)=O)[C@H](OC(C)=O)CS[C@H]1Oc1cncc(F)c1. The van der Waals surface area contributed by atoms with Crippen LogP contribution in [0.3, 0.4) is 0 Å². The molecule has 1 fully saturated rings. The lowest BCUT2D eigenvalue weighted by Gasteiger charge is -2.39. The van der Waals surface area contributed by atoms with Crippen molar-refractivity contribution in [3.05, 3.63) is 24.3 Å². The fourth-order valence-corrected chi connectivity index (χ4v) is 3.62. The molecule has 8 nitrogen and oxygen atoms in total. The average Bonchev–Trinajstić information content (AvgIpc) is 2.51. The molecule has 1 saturated heterocycles. The number of pyridine rings is 1. The molecule has 0 unspecified atom stereocenters. The van der Waals surface area contributed by atoms with Crippen molar-refractivity contribution in [3.8, 4) is 5.75 Å². The summed E-state index contributed by atoms with van der Waals surface area (Å²) in [6.07, 6.45) is -0.636. The number of ether oxygens (including phenoxy) is 4. The van der Waals surface area contributed by atoms with Crippen LogP contribution >= 0.6 is 11.8 Å². The van der Waals surface area contributed by atoms with Crippen molar-refractivity contribution in [2.75, 3.05) is 5.75 Å². The first kappa shape index (κ1) is 20.0. The van der Waals surface area contributed by atoms with Crippen LogP contribution in [-0.4, -0.2) is 52.4 Å². The van der Waals surface area contributed by atoms with Crippen LogP contribution in [0, 0.1) is 5.82 Å². The fraction of sp³-hybridized carbons (Fsp3) is 0.500. The number of rotatable bonds is 5. The van der Waals surface area contributed by atoms with Crippen molar-refractivity contribution in [3.63, 3.8) is 0 Å². The van der Waals surface area contributed by atoms with Gasteiger partial charge in [-0.15, -0.1) is 11.8 Å². The number of halogens is 1. The Hall–Kier alpha value is -2.36. The number of thioether (sulfide) groups is 1. The molecule has 1 aromatic heterocycles. The van der Waals surface area contributed by atoms with E-state index < -0.39 is 47.5 Å². The molecule has 0 aromatic carbocycles. The topological polar surface area (TPSA) is 101 Å². The van der Waals surface area contributed by atoms with E-state index >= 15 is 0 Å². The van der Waals surface area contributed by atoms with Crippen molar-refractivity contribution in [2.45, 2.75) is 44.5 Å². The number of aromatic nitrogens is 1. The van der Waals surface area contributed by atoms with Crippen molar-refractivity contribution in [1.82, 2.24) is 4.98 Å². The molecule has 0 amide bonds. The van der Waals surface area contributed by atoms with Gasteiger partial charge in [0.2, 0.25) is 0 Å². The van der Waals surface area contributed by atoms with E-state index in [1.807, 2.05) is 0 Å². The molecule has 1 aromatic rings. The van der Waals surface area contributed by atoms with Crippen molar-refractivity contribution < 1.29 is 37.7 Å². The molecule has 0 bridgehead atoms. The predicted molar refractivity (Wildman–Crippen MR) is 87.7 cm³/mol. The average molecular weight is 387 g/mol. The van der Waals surface area contributed by atoms with Gasteiger partial charge in [0.1, 0.15) is 11.6 Å². The predicted octanol–water partition coefficient (Wildman–Crippen LogP) is 1.47. The van der Waals surface area contributed by atoms with Crippen LogP contribution in [0.2, 0.25) is 0 Å². The normalized spacial score (nSPS) is 25.1. The molecule has 142 valence electrons. The molecule has 10 heteroatoms. The minimum Gasteiger partial charge on any atom is -0.474 e. The van der Waals surface area contributed by atoms with Crippen molar-refractivity contribution in [2.24, 2.45) is 0 Å². The van der Waals surface area contributed by atoms with Gasteiger partial charge in [-0.2, -0.15) is 0 Å². The maximum atomic E-state index is 13.3. The zero-order chi connectivity index (χ0) is 19.3. The van der Waals surface area contributed by atoms with E-state index in [0.717, 1.165) is 12.3 Å². The van der Waals surface area contributed by atoms with Crippen LogP contribution in [0.15, 0.2) is 18.5 Å². The molecule has 26 heavy (non-hydrogen) atoms. The summed E-state index contributed by atoms with van der Waals surface area (Å²) < 4.78 is 34.7. The molecule has 0 radical (unpaired) electrons. The third kappa shape index (κ3) is 5.58. The molecule has 2 heterocycles. The summed E-state index contributed by atoms with van der Waals surface area (Å²) in [6.45, 7) is 3.59. The molecule has 0 aliphatic carbocycles. The number of carbonyl (C=O) groups excluding carboxylic acids is 3. The highest BCUT2D eigenvalue weighted by molar-refractivity contribution is 7.99. The Morgan fingerprint density at radius 1 is 1.04 bits per heavy atom. The van der Waals surface area contributed by atoms with Gasteiger partial charge in [-0.25, -0.2) is 4.39 Å². The van der Waals surface area contributed by atoms with Crippen molar-refractivity contribution >= 4 is 29.7 Å². The van der Waals surface area contributed by atoms with Gasteiger partial charge in [-0.05, 0) is 0 Å². The molecule has 4 atom stereocenters. The van der Waals surface area contributed by atoms with Crippen LogP contribution in [-0.2, 0) is 28.6 Å². The molecule has 2 rings (SSSR count). The lowest BCUT2D eigenvalue weighted by molar-refractivity contribution is -0.186. The lowest BCUT2D eigenvalue weighted by atomic mass is 10.1. The van der Waals surface area contributed by atoms with Crippen LogP contribution in [0.5, 0.6) is 5.75 Å². The largest absolute Gasteiger partial charge is 0.474 e. The molecule has 0 saturated carbocycles. The molecule has 0 spiro atoms. The third-order valence-corrected chi connectivity index (χ3v) is 4.45. The number of hydrogen-bond acceptors (Lipinski definition) is 9. The minimum atomic E-state index is -1.07. The van der Waals surface area contributed by atoms with Gasteiger partial charge in [0.15, 0.2) is 23.7 Å². The van der Waals surface area contributed by atoms with E-state index in [1.54, 1.807) is 0 Å². The Balaban J connectivity index is 2.27. The first-order valence-corrected chi connectivity index (χ1v) is 8.71. The third-order valence-electron chi connectivity index (χ3n) is 3.24. The summed E-state index contributed by atoms with van der Waals surface area (Å²) >= 11 is 1.18.